The van der Waals surface area contributed by atoms with Gasteiger partial charge in [-0.2, -0.15) is 4.98 Å². The molecule has 0 unspecified atom stereocenters. The number of para-hydroxylation sites is 1. The van der Waals surface area contributed by atoms with Crippen LogP contribution in [0.15, 0.2) is 88.6 Å². The third-order valence-corrected chi connectivity index (χ3v) is 6.45. The minimum atomic E-state index is -3.58. The van der Waals surface area contributed by atoms with Gasteiger partial charge in [-0.1, -0.05) is 48.5 Å². The molecular formula is C26H22N2O6S. The number of nitrogens with zero attached hydrogens (tertiary/aromatic N) is 2. The van der Waals surface area contributed by atoms with Gasteiger partial charge >= 0.3 is 5.97 Å². The number of rotatable bonds is 6. The van der Waals surface area contributed by atoms with Crippen molar-refractivity contribution in [2.45, 2.75) is 11.8 Å². The lowest BCUT2D eigenvalue weighted by molar-refractivity contribution is 0.0726. The molecule has 9 heteroatoms. The number of methoxy groups -OCH3 is 1. The Kier molecular flexibility index (Phi) is 6.52. The SMILES string of the molecule is COc1c(S(C)(=O)=O)ccc(C(=O)Oc2cc(=O)n(-c3ccccc3)c(-c3ccccc3)n2)c1C. The van der Waals surface area contributed by atoms with E-state index in [9.17, 15) is 18.0 Å². The monoisotopic (exact) mass is 490 g/mol. The van der Waals surface area contributed by atoms with Crippen molar-refractivity contribution < 1.29 is 22.7 Å². The van der Waals surface area contributed by atoms with E-state index in [0.29, 0.717) is 22.6 Å². The smallest absolute Gasteiger partial charge is 0.345 e. The Morgan fingerprint density at radius 2 is 1.57 bits per heavy atom. The summed E-state index contributed by atoms with van der Waals surface area (Å²) in [6, 6.07) is 21.8. The number of carbonyl (C=O) groups is 1. The lowest BCUT2D eigenvalue weighted by Crippen LogP contribution is -2.22. The van der Waals surface area contributed by atoms with Gasteiger partial charge in [-0.05, 0) is 31.2 Å². The Morgan fingerprint density at radius 1 is 0.943 bits per heavy atom. The maximum absolute atomic E-state index is 13.1. The number of hydrogen-bond donors (Lipinski definition) is 0. The normalized spacial score (nSPS) is 11.2. The van der Waals surface area contributed by atoms with E-state index in [-0.39, 0.29) is 22.1 Å². The van der Waals surface area contributed by atoms with Crippen molar-refractivity contribution in [2.24, 2.45) is 0 Å². The van der Waals surface area contributed by atoms with Crippen molar-refractivity contribution in [1.82, 2.24) is 9.55 Å². The largest absolute Gasteiger partial charge is 0.495 e. The standard InChI is InChI=1S/C26H22N2O6S/c1-17-20(14-15-21(24(17)33-2)35(3,31)32)26(30)34-22-16-23(29)28(19-12-8-5-9-13-19)25(27-22)18-10-6-4-7-11-18/h4-16H,1-3H3. The first-order valence-electron chi connectivity index (χ1n) is 10.6. The number of esters is 1. The third kappa shape index (κ3) is 4.85. The van der Waals surface area contributed by atoms with E-state index in [1.54, 1.807) is 43.3 Å². The summed E-state index contributed by atoms with van der Waals surface area (Å²) < 4.78 is 36.3. The zero-order chi connectivity index (χ0) is 25.2. The number of carbonyl (C=O) groups excluding carboxylic acids is 1. The van der Waals surface area contributed by atoms with Crippen LogP contribution in [-0.2, 0) is 9.84 Å². The Bertz CT molecular complexity index is 1560. The van der Waals surface area contributed by atoms with Crippen molar-refractivity contribution in [3.8, 4) is 28.7 Å². The summed E-state index contributed by atoms with van der Waals surface area (Å²) in [6.45, 7) is 1.56. The molecule has 0 aliphatic heterocycles. The predicted molar refractivity (Wildman–Crippen MR) is 131 cm³/mol. The lowest BCUT2D eigenvalue weighted by atomic mass is 10.1. The Balaban J connectivity index is 1.79. The third-order valence-electron chi connectivity index (χ3n) is 5.33. The highest BCUT2D eigenvalue weighted by Gasteiger charge is 2.23. The molecule has 0 bridgehead atoms. The second-order valence-corrected chi connectivity index (χ2v) is 9.71. The maximum atomic E-state index is 13.1. The second-order valence-electron chi connectivity index (χ2n) is 7.72. The van der Waals surface area contributed by atoms with Crippen LogP contribution in [0.5, 0.6) is 11.6 Å². The quantitative estimate of drug-likeness (QED) is 0.378. The second kappa shape index (κ2) is 9.55. The zero-order valence-electron chi connectivity index (χ0n) is 19.3. The summed E-state index contributed by atoms with van der Waals surface area (Å²) in [6.07, 6.45) is 1.05. The molecule has 0 atom stereocenters. The minimum absolute atomic E-state index is 0.0380. The Morgan fingerprint density at radius 3 is 2.17 bits per heavy atom. The van der Waals surface area contributed by atoms with Crippen molar-refractivity contribution in [3.05, 3.63) is 100 Å². The van der Waals surface area contributed by atoms with Gasteiger partial charge in [-0.3, -0.25) is 9.36 Å². The highest BCUT2D eigenvalue weighted by atomic mass is 32.2. The molecule has 0 radical (unpaired) electrons. The van der Waals surface area contributed by atoms with E-state index >= 15 is 0 Å². The summed E-state index contributed by atoms with van der Waals surface area (Å²) in [5, 5.41) is 0. The number of aromatic nitrogens is 2. The van der Waals surface area contributed by atoms with Gasteiger partial charge in [-0.15, -0.1) is 0 Å². The molecule has 4 aromatic rings. The highest BCUT2D eigenvalue weighted by molar-refractivity contribution is 7.90. The molecule has 8 nitrogen and oxygen atoms in total. The molecule has 0 spiro atoms. The molecule has 35 heavy (non-hydrogen) atoms. The molecule has 0 aliphatic rings. The average Bonchev–Trinajstić information content (AvgIpc) is 2.83. The molecule has 0 saturated carbocycles. The fourth-order valence-electron chi connectivity index (χ4n) is 3.70. The van der Waals surface area contributed by atoms with Crippen molar-refractivity contribution in [2.75, 3.05) is 13.4 Å². The van der Waals surface area contributed by atoms with E-state index in [0.717, 1.165) is 12.3 Å². The van der Waals surface area contributed by atoms with E-state index in [1.807, 2.05) is 24.3 Å². The van der Waals surface area contributed by atoms with E-state index in [2.05, 4.69) is 4.98 Å². The zero-order valence-corrected chi connectivity index (χ0v) is 20.1. The van der Waals surface area contributed by atoms with Crippen LogP contribution in [0.2, 0.25) is 0 Å². The van der Waals surface area contributed by atoms with Crippen molar-refractivity contribution >= 4 is 15.8 Å². The molecule has 0 fully saturated rings. The van der Waals surface area contributed by atoms with Crippen LogP contribution in [0.4, 0.5) is 0 Å². The number of ether oxygens (including phenoxy) is 2. The van der Waals surface area contributed by atoms with Gasteiger partial charge in [0.2, 0.25) is 5.88 Å². The predicted octanol–water partition coefficient (Wildman–Crippen LogP) is 3.84. The molecule has 0 amide bonds. The van der Waals surface area contributed by atoms with Gasteiger partial charge in [0, 0.05) is 17.4 Å². The van der Waals surface area contributed by atoms with Crippen LogP contribution in [-0.4, -0.2) is 37.3 Å². The molecule has 0 aliphatic carbocycles. The van der Waals surface area contributed by atoms with Crippen molar-refractivity contribution in [1.29, 1.82) is 0 Å². The Labute approximate surface area is 202 Å². The summed E-state index contributed by atoms with van der Waals surface area (Å²) in [7, 11) is -2.25. The molecular weight excluding hydrogens is 468 g/mol. The molecule has 1 heterocycles. The number of hydrogen-bond acceptors (Lipinski definition) is 7. The molecule has 3 aromatic carbocycles. The van der Waals surface area contributed by atoms with Gasteiger partial charge in [0.05, 0.1) is 24.4 Å². The van der Waals surface area contributed by atoms with Crippen LogP contribution in [0, 0.1) is 6.92 Å². The van der Waals surface area contributed by atoms with Gasteiger partial charge in [0.15, 0.2) is 15.7 Å². The molecule has 178 valence electrons. The fraction of sp³-hybridized carbons (Fsp3) is 0.115. The van der Waals surface area contributed by atoms with Gasteiger partial charge in [-0.25, -0.2) is 13.2 Å². The fourth-order valence-corrected chi connectivity index (χ4v) is 4.59. The number of sulfone groups is 1. The van der Waals surface area contributed by atoms with Gasteiger partial charge < -0.3 is 9.47 Å². The Hall–Kier alpha value is -4.24. The number of benzene rings is 3. The first-order chi connectivity index (χ1) is 16.7. The topological polar surface area (TPSA) is 105 Å². The van der Waals surface area contributed by atoms with E-state index < -0.39 is 21.4 Å². The molecule has 0 N–H and O–H groups in total. The summed E-state index contributed by atoms with van der Waals surface area (Å²) >= 11 is 0. The van der Waals surface area contributed by atoms with Crippen LogP contribution < -0.4 is 15.0 Å². The summed E-state index contributed by atoms with van der Waals surface area (Å²) in [5.74, 6) is -0.631. The minimum Gasteiger partial charge on any atom is -0.495 e. The van der Waals surface area contributed by atoms with E-state index in [1.165, 1.54) is 23.8 Å². The lowest BCUT2D eigenvalue weighted by Gasteiger charge is -2.15. The van der Waals surface area contributed by atoms with Gasteiger partial charge in [0.1, 0.15) is 10.6 Å². The average molecular weight is 491 g/mol. The van der Waals surface area contributed by atoms with Crippen LogP contribution in [0.25, 0.3) is 17.1 Å². The summed E-state index contributed by atoms with van der Waals surface area (Å²) in [5.41, 5.74) is 1.21. The summed E-state index contributed by atoms with van der Waals surface area (Å²) in [4.78, 5) is 30.6. The molecule has 4 rings (SSSR count). The highest BCUT2D eigenvalue weighted by Crippen LogP contribution is 2.31. The first-order valence-corrected chi connectivity index (χ1v) is 12.4. The van der Waals surface area contributed by atoms with E-state index in [4.69, 9.17) is 9.47 Å². The maximum Gasteiger partial charge on any atom is 0.345 e. The molecule has 1 aromatic heterocycles. The van der Waals surface area contributed by atoms with Crippen LogP contribution in [0.1, 0.15) is 15.9 Å². The van der Waals surface area contributed by atoms with Crippen molar-refractivity contribution in [3.63, 3.8) is 0 Å². The van der Waals surface area contributed by atoms with Crippen LogP contribution >= 0.6 is 0 Å². The molecule has 0 saturated heterocycles. The van der Waals surface area contributed by atoms with Gasteiger partial charge in [0.25, 0.3) is 5.56 Å². The first kappa shape index (κ1) is 23.9. The van der Waals surface area contributed by atoms with Crippen LogP contribution in [0.3, 0.4) is 0 Å².